The first kappa shape index (κ1) is 18.5. The van der Waals surface area contributed by atoms with Gasteiger partial charge >= 0.3 is 12.1 Å². The Balaban J connectivity index is 1.73. The Kier molecular flexibility index (Phi) is 6.81. The minimum atomic E-state index is -0.349. The molecule has 0 radical (unpaired) electrons. The Hall–Kier alpha value is -1.86. The number of rotatable bonds is 4. The third-order valence-electron chi connectivity index (χ3n) is 3.44. The Morgan fingerprint density at radius 1 is 1.17 bits per heavy atom. The fourth-order valence-corrected chi connectivity index (χ4v) is 2.65. The number of nitrogens with zero attached hydrogens (tertiary/aromatic N) is 2. The van der Waals surface area contributed by atoms with E-state index in [0.29, 0.717) is 48.6 Å². The summed E-state index contributed by atoms with van der Waals surface area (Å²) in [6.07, 6.45) is -0.349. The van der Waals surface area contributed by atoms with Gasteiger partial charge in [0, 0.05) is 31.2 Å². The third kappa shape index (κ3) is 5.07. The number of nitrogens with one attached hydrogen (secondary N) is 1. The average molecular weight is 376 g/mol. The highest BCUT2D eigenvalue weighted by Gasteiger charge is 2.24. The maximum atomic E-state index is 12.1. The lowest BCUT2D eigenvalue weighted by Crippen LogP contribution is -2.53. The second kappa shape index (κ2) is 8.84. The van der Waals surface area contributed by atoms with Crippen LogP contribution < -0.4 is 10.1 Å². The summed E-state index contributed by atoms with van der Waals surface area (Å²) in [5.74, 6) is 0.438. The van der Waals surface area contributed by atoms with Gasteiger partial charge in [-0.3, -0.25) is 0 Å². The number of benzene rings is 1. The van der Waals surface area contributed by atoms with Gasteiger partial charge in [0.2, 0.25) is 0 Å². The molecule has 0 atom stereocenters. The largest absolute Gasteiger partial charge is 0.472 e. The van der Waals surface area contributed by atoms with Crippen LogP contribution in [-0.2, 0) is 4.74 Å². The SMILES string of the molecule is CCOC(=O)N1CCN(C(=O)NCOc2ccc(Cl)cc2Cl)CC1. The van der Waals surface area contributed by atoms with Crippen molar-refractivity contribution in [2.24, 2.45) is 0 Å². The van der Waals surface area contributed by atoms with Crippen molar-refractivity contribution in [1.82, 2.24) is 15.1 Å². The molecular weight excluding hydrogens is 357 g/mol. The molecule has 132 valence electrons. The zero-order valence-corrected chi connectivity index (χ0v) is 14.8. The second-order valence-corrected chi connectivity index (χ2v) is 5.86. The Morgan fingerprint density at radius 2 is 1.83 bits per heavy atom. The molecule has 0 aliphatic carbocycles. The first-order chi connectivity index (χ1) is 11.5. The second-order valence-electron chi connectivity index (χ2n) is 5.02. The van der Waals surface area contributed by atoms with E-state index in [1.165, 1.54) is 0 Å². The highest BCUT2D eigenvalue weighted by molar-refractivity contribution is 6.35. The van der Waals surface area contributed by atoms with Crippen LogP contribution in [0.15, 0.2) is 18.2 Å². The molecular formula is C15H19Cl2N3O4. The summed E-state index contributed by atoms with van der Waals surface area (Å²) in [6.45, 7) is 3.84. The molecule has 1 N–H and O–H groups in total. The molecule has 0 saturated carbocycles. The van der Waals surface area contributed by atoms with Crippen molar-refractivity contribution in [2.45, 2.75) is 6.92 Å². The molecule has 1 fully saturated rings. The lowest BCUT2D eigenvalue weighted by atomic mass is 10.3. The van der Waals surface area contributed by atoms with E-state index in [1.54, 1.807) is 34.9 Å². The quantitative estimate of drug-likeness (QED) is 0.821. The summed E-state index contributed by atoms with van der Waals surface area (Å²) in [5.41, 5.74) is 0. The first-order valence-electron chi connectivity index (χ1n) is 7.53. The number of urea groups is 1. The number of hydrogen-bond acceptors (Lipinski definition) is 4. The van der Waals surface area contributed by atoms with Gasteiger partial charge in [0.05, 0.1) is 11.6 Å². The van der Waals surface area contributed by atoms with E-state index in [2.05, 4.69) is 5.32 Å². The summed E-state index contributed by atoms with van der Waals surface area (Å²) in [6, 6.07) is 4.59. The Labute approximate surface area is 150 Å². The molecule has 2 rings (SSSR count). The number of ether oxygens (including phenoxy) is 2. The van der Waals surface area contributed by atoms with Crippen molar-refractivity contribution in [3.63, 3.8) is 0 Å². The Bertz CT molecular complexity index is 592. The smallest absolute Gasteiger partial charge is 0.409 e. The van der Waals surface area contributed by atoms with Crippen molar-refractivity contribution in [3.8, 4) is 5.75 Å². The van der Waals surface area contributed by atoms with E-state index < -0.39 is 0 Å². The maximum absolute atomic E-state index is 12.1. The topological polar surface area (TPSA) is 71.1 Å². The molecule has 1 aromatic rings. The average Bonchev–Trinajstić information content (AvgIpc) is 2.57. The summed E-state index contributed by atoms with van der Waals surface area (Å²) in [4.78, 5) is 26.9. The lowest BCUT2D eigenvalue weighted by Gasteiger charge is -2.33. The number of hydrogen-bond donors (Lipinski definition) is 1. The summed E-state index contributed by atoms with van der Waals surface area (Å²) in [7, 11) is 0. The zero-order chi connectivity index (χ0) is 17.5. The van der Waals surface area contributed by atoms with E-state index in [1.807, 2.05) is 0 Å². The van der Waals surface area contributed by atoms with Gasteiger partial charge in [0.1, 0.15) is 5.75 Å². The molecule has 1 aromatic carbocycles. The molecule has 1 saturated heterocycles. The first-order valence-corrected chi connectivity index (χ1v) is 8.29. The van der Waals surface area contributed by atoms with E-state index >= 15 is 0 Å². The summed E-state index contributed by atoms with van der Waals surface area (Å²) in [5, 5.41) is 3.54. The molecule has 1 heterocycles. The highest BCUT2D eigenvalue weighted by Crippen LogP contribution is 2.27. The van der Waals surface area contributed by atoms with Gasteiger partial charge in [-0.15, -0.1) is 0 Å². The van der Waals surface area contributed by atoms with Crippen LogP contribution in [0.25, 0.3) is 0 Å². The van der Waals surface area contributed by atoms with Crippen molar-refractivity contribution < 1.29 is 19.1 Å². The van der Waals surface area contributed by atoms with Crippen LogP contribution in [0, 0.1) is 0 Å². The van der Waals surface area contributed by atoms with Crippen LogP contribution in [0.2, 0.25) is 10.0 Å². The minimum Gasteiger partial charge on any atom is -0.472 e. The van der Waals surface area contributed by atoms with E-state index in [9.17, 15) is 9.59 Å². The van der Waals surface area contributed by atoms with Gasteiger partial charge in [-0.1, -0.05) is 23.2 Å². The predicted molar refractivity (Wildman–Crippen MR) is 90.7 cm³/mol. The van der Waals surface area contributed by atoms with Crippen molar-refractivity contribution >= 4 is 35.3 Å². The Morgan fingerprint density at radius 3 is 2.46 bits per heavy atom. The minimum absolute atomic E-state index is 0.0156. The van der Waals surface area contributed by atoms with Crippen LogP contribution in [0.1, 0.15) is 6.92 Å². The van der Waals surface area contributed by atoms with Crippen LogP contribution in [0.3, 0.4) is 0 Å². The number of carbonyl (C=O) groups is 2. The molecule has 24 heavy (non-hydrogen) atoms. The molecule has 7 nitrogen and oxygen atoms in total. The molecule has 1 aliphatic heterocycles. The number of amides is 3. The molecule has 9 heteroatoms. The monoisotopic (exact) mass is 375 g/mol. The molecule has 0 spiro atoms. The molecule has 1 aliphatic rings. The standard InChI is InChI=1S/C15H19Cl2N3O4/c1-2-23-15(22)20-7-5-19(6-8-20)14(21)18-10-24-13-4-3-11(16)9-12(13)17/h3-4,9H,2,5-8,10H2,1H3,(H,18,21). The molecule has 0 bridgehead atoms. The van der Waals surface area contributed by atoms with Crippen molar-refractivity contribution in [3.05, 3.63) is 28.2 Å². The van der Waals surface area contributed by atoms with E-state index in [0.717, 1.165) is 0 Å². The van der Waals surface area contributed by atoms with Gasteiger partial charge in [-0.05, 0) is 25.1 Å². The van der Waals surface area contributed by atoms with Crippen LogP contribution in [-0.4, -0.2) is 61.4 Å². The predicted octanol–water partition coefficient (Wildman–Crippen LogP) is 2.81. The van der Waals surface area contributed by atoms with Crippen LogP contribution in [0.4, 0.5) is 9.59 Å². The summed E-state index contributed by atoms with van der Waals surface area (Å²) < 4.78 is 10.3. The number of carbonyl (C=O) groups excluding carboxylic acids is 2. The van der Waals surface area contributed by atoms with Gasteiger partial charge in [0.25, 0.3) is 0 Å². The molecule has 3 amide bonds. The summed E-state index contributed by atoms with van der Waals surface area (Å²) >= 11 is 11.8. The molecule has 0 aromatic heterocycles. The zero-order valence-electron chi connectivity index (χ0n) is 13.3. The fraction of sp³-hybridized carbons (Fsp3) is 0.467. The third-order valence-corrected chi connectivity index (χ3v) is 3.97. The number of halogens is 2. The van der Waals surface area contributed by atoms with Gasteiger partial charge in [-0.2, -0.15) is 0 Å². The molecule has 0 unspecified atom stereocenters. The lowest BCUT2D eigenvalue weighted by molar-refractivity contribution is 0.0843. The fourth-order valence-electron chi connectivity index (χ4n) is 2.19. The van der Waals surface area contributed by atoms with Gasteiger partial charge < -0.3 is 24.6 Å². The van der Waals surface area contributed by atoms with Crippen molar-refractivity contribution in [1.29, 1.82) is 0 Å². The normalized spacial score (nSPS) is 14.3. The van der Waals surface area contributed by atoms with E-state index in [4.69, 9.17) is 32.7 Å². The van der Waals surface area contributed by atoms with Crippen LogP contribution in [0.5, 0.6) is 5.75 Å². The van der Waals surface area contributed by atoms with Gasteiger partial charge in [-0.25, -0.2) is 9.59 Å². The van der Waals surface area contributed by atoms with Crippen LogP contribution >= 0.6 is 23.2 Å². The van der Waals surface area contributed by atoms with Gasteiger partial charge in [0.15, 0.2) is 6.73 Å². The van der Waals surface area contributed by atoms with Crippen molar-refractivity contribution in [2.75, 3.05) is 39.5 Å². The maximum Gasteiger partial charge on any atom is 0.409 e. The number of piperazine rings is 1. The van der Waals surface area contributed by atoms with E-state index in [-0.39, 0.29) is 18.9 Å². The highest BCUT2D eigenvalue weighted by atomic mass is 35.5.